The van der Waals surface area contributed by atoms with Crippen LogP contribution in [0.15, 0.2) is 24.7 Å². The van der Waals surface area contributed by atoms with Gasteiger partial charge < -0.3 is 10.2 Å². The Labute approximate surface area is 135 Å². The predicted molar refractivity (Wildman–Crippen MR) is 86.1 cm³/mol. The van der Waals surface area contributed by atoms with Gasteiger partial charge in [0.15, 0.2) is 0 Å². The van der Waals surface area contributed by atoms with Crippen molar-refractivity contribution in [1.29, 1.82) is 0 Å². The Morgan fingerprint density at radius 2 is 2.13 bits per heavy atom. The maximum absolute atomic E-state index is 11.9. The number of rotatable bonds is 3. The second-order valence-electron chi connectivity index (χ2n) is 5.66. The van der Waals surface area contributed by atoms with Crippen molar-refractivity contribution in [2.75, 3.05) is 11.9 Å². The van der Waals surface area contributed by atoms with Crippen LogP contribution in [-0.2, 0) is 4.79 Å². The van der Waals surface area contributed by atoms with E-state index in [1.165, 1.54) is 0 Å². The molecule has 0 aliphatic carbocycles. The molecule has 7 heteroatoms. The van der Waals surface area contributed by atoms with Crippen LogP contribution >= 0.6 is 0 Å². The molecule has 2 aromatic rings. The fraction of sp³-hybridized carbons (Fsp3) is 0.438. The number of piperidine rings is 1. The highest BCUT2D eigenvalue weighted by Crippen LogP contribution is 2.31. The minimum Gasteiger partial charge on any atom is -0.334 e. The molecule has 120 valence electrons. The zero-order valence-corrected chi connectivity index (χ0v) is 13.4. The summed E-state index contributed by atoms with van der Waals surface area (Å²) in [6, 6.07) is 1.92. The van der Waals surface area contributed by atoms with E-state index in [4.69, 9.17) is 0 Å². The number of nitrogens with one attached hydrogen (secondary N) is 1. The maximum atomic E-state index is 11.9. The van der Waals surface area contributed by atoms with Gasteiger partial charge in [0, 0.05) is 31.9 Å². The third kappa shape index (κ3) is 3.61. The van der Waals surface area contributed by atoms with Crippen molar-refractivity contribution < 1.29 is 4.79 Å². The molecule has 0 radical (unpaired) electrons. The van der Waals surface area contributed by atoms with Crippen LogP contribution in [0.25, 0.3) is 0 Å². The van der Waals surface area contributed by atoms with Crippen LogP contribution in [0.1, 0.15) is 43.7 Å². The quantitative estimate of drug-likeness (QED) is 0.937. The number of nitrogens with zero attached hydrogens (tertiary/aromatic N) is 5. The molecule has 7 nitrogen and oxygen atoms in total. The summed E-state index contributed by atoms with van der Waals surface area (Å²) in [5, 5.41) is 3.14. The maximum Gasteiger partial charge on any atom is 0.220 e. The van der Waals surface area contributed by atoms with Crippen molar-refractivity contribution in [3.05, 3.63) is 36.2 Å². The lowest BCUT2D eigenvalue weighted by Gasteiger charge is -2.34. The van der Waals surface area contributed by atoms with Crippen LogP contribution in [0.2, 0.25) is 0 Å². The van der Waals surface area contributed by atoms with Gasteiger partial charge in [-0.1, -0.05) is 0 Å². The van der Waals surface area contributed by atoms with Gasteiger partial charge in [-0.25, -0.2) is 15.0 Å². The van der Waals surface area contributed by atoms with Gasteiger partial charge in [-0.3, -0.25) is 9.78 Å². The summed E-state index contributed by atoms with van der Waals surface area (Å²) in [5.41, 5.74) is 0.874. The molecule has 1 amide bonds. The van der Waals surface area contributed by atoms with Gasteiger partial charge >= 0.3 is 0 Å². The molecule has 0 bridgehead atoms. The third-order valence-corrected chi connectivity index (χ3v) is 3.93. The van der Waals surface area contributed by atoms with Gasteiger partial charge in [0.1, 0.15) is 17.5 Å². The van der Waals surface area contributed by atoms with E-state index in [-0.39, 0.29) is 11.9 Å². The summed E-state index contributed by atoms with van der Waals surface area (Å²) in [5.74, 6) is 2.06. The molecule has 3 rings (SSSR count). The van der Waals surface area contributed by atoms with Crippen molar-refractivity contribution in [3.63, 3.8) is 0 Å². The van der Waals surface area contributed by atoms with Crippen LogP contribution in [-0.4, -0.2) is 37.3 Å². The van der Waals surface area contributed by atoms with Gasteiger partial charge in [-0.2, -0.15) is 0 Å². The number of aromatic nitrogens is 4. The lowest BCUT2D eigenvalue weighted by molar-refractivity contribution is -0.132. The van der Waals surface area contributed by atoms with Gasteiger partial charge in [0.25, 0.3) is 0 Å². The fourth-order valence-corrected chi connectivity index (χ4v) is 2.94. The smallest absolute Gasteiger partial charge is 0.220 e. The minimum absolute atomic E-state index is 0.0188. The highest BCUT2D eigenvalue weighted by atomic mass is 16.2. The van der Waals surface area contributed by atoms with Crippen LogP contribution in [0.3, 0.4) is 0 Å². The van der Waals surface area contributed by atoms with Crippen LogP contribution in [0.5, 0.6) is 0 Å². The van der Waals surface area contributed by atoms with E-state index < -0.39 is 0 Å². The molecule has 0 aromatic carbocycles. The number of aryl methyl sites for hydroxylation is 1. The average molecular weight is 312 g/mol. The molecule has 1 atom stereocenters. The first-order chi connectivity index (χ1) is 11.1. The summed E-state index contributed by atoms with van der Waals surface area (Å²) >= 11 is 0. The molecule has 1 fully saturated rings. The largest absolute Gasteiger partial charge is 0.334 e. The number of carbonyl (C=O) groups excluding carboxylic acids is 1. The fourth-order valence-electron chi connectivity index (χ4n) is 2.94. The van der Waals surface area contributed by atoms with E-state index in [0.717, 1.165) is 31.5 Å². The summed E-state index contributed by atoms with van der Waals surface area (Å²) in [4.78, 5) is 31.0. The van der Waals surface area contributed by atoms with E-state index >= 15 is 0 Å². The SMILES string of the molecule is CC(=O)N1CCCC[C@@H]1c1cc(Nc2cnccn2)nc(C)n1. The standard InChI is InChI=1S/C16H20N6O/c1-11-19-13(14-5-3-4-8-22(14)12(2)23)9-15(20-11)21-16-10-17-6-7-18-16/h6-7,9-10,14H,3-5,8H2,1-2H3,(H,18,19,20,21)/t14-/m1/s1. The number of hydrogen-bond acceptors (Lipinski definition) is 6. The second kappa shape index (κ2) is 6.68. The van der Waals surface area contributed by atoms with Crippen LogP contribution < -0.4 is 5.32 Å². The predicted octanol–water partition coefficient (Wildman–Crippen LogP) is 2.39. The molecule has 1 saturated heterocycles. The lowest BCUT2D eigenvalue weighted by Crippen LogP contribution is -2.37. The van der Waals surface area contributed by atoms with Crippen molar-refractivity contribution in [2.24, 2.45) is 0 Å². The Kier molecular flexibility index (Phi) is 4.45. The third-order valence-electron chi connectivity index (χ3n) is 3.93. The molecule has 1 aliphatic heterocycles. The van der Waals surface area contributed by atoms with E-state index in [0.29, 0.717) is 17.5 Å². The van der Waals surface area contributed by atoms with Crippen molar-refractivity contribution in [1.82, 2.24) is 24.8 Å². The molecule has 3 heterocycles. The van der Waals surface area contributed by atoms with Gasteiger partial charge in [-0.15, -0.1) is 0 Å². The molecular formula is C16H20N6O. The van der Waals surface area contributed by atoms with Gasteiger partial charge in [0.2, 0.25) is 5.91 Å². The Hall–Kier alpha value is -2.57. The zero-order chi connectivity index (χ0) is 16.2. The Morgan fingerprint density at radius 3 is 2.87 bits per heavy atom. The van der Waals surface area contributed by atoms with Crippen molar-refractivity contribution >= 4 is 17.5 Å². The lowest BCUT2D eigenvalue weighted by atomic mass is 9.99. The number of carbonyl (C=O) groups is 1. The van der Waals surface area contributed by atoms with Gasteiger partial charge in [-0.05, 0) is 26.2 Å². The molecule has 1 aliphatic rings. The summed E-state index contributed by atoms with van der Waals surface area (Å²) < 4.78 is 0. The highest BCUT2D eigenvalue weighted by Gasteiger charge is 2.27. The molecule has 2 aromatic heterocycles. The van der Waals surface area contributed by atoms with Gasteiger partial charge in [0.05, 0.1) is 17.9 Å². The molecule has 1 N–H and O–H groups in total. The van der Waals surface area contributed by atoms with Crippen LogP contribution in [0.4, 0.5) is 11.6 Å². The van der Waals surface area contributed by atoms with E-state index in [2.05, 4.69) is 25.3 Å². The van der Waals surface area contributed by atoms with Crippen molar-refractivity contribution in [2.45, 2.75) is 39.2 Å². The van der Waals surface area contributed by atoms with E-state index in [9.17, 15) is 4.79 Å². The molecular weight excluding hydrogens is 292 g/mol. The number of likely N-dealkylation sites (tertiary alicyclic amines) is 1. The summed E-state index contributed by atoms with van der Waals surface area (Å²) in [6.07, 6.45) is 7.96. The first-order valence-corrected chi connectivity index (χ1v) is 7.79. The first-order valence-electron chi connectivity index (χ1n) is 7.79. The Bertz CT molecular complexity index is 690. The summed E-state index contributed by atoms with van der Waals surface area (Å²) in [6.45, 7) is 4.26. The Balaban J connectivity index is 1.89. The molecule has 23 heavy (non-hydrogen) atoms. The van der Waals surface area contributed by atoms with Crippen LogP contribution in [0, 0.1) is 6.92 Å². The molecule has 0 saturated carbocycles. The normalized spacial score (nSPS) is 17.8. The number of anilines is 2. The average Bonchev–Trinajstić information content (AvgIpc) is 2.55. The highest BCUT2D eigenvalue weighted by molar-refractivity contribution is 5.74. The zero-order valence-electron chi connectivity index (χ0n) is 13.4. The minimum atomic E-state index is 0.0188. The first kappa shape index (κ1) is 15.3. The van der Waals surface area contributed by atoms with Crippen molar-refractivity contribution in [3.8, 4) is 0 Å². The topological polar surface area (TPSA) is 83.9 Å². The van der Waals surface area contributed by atoms with E-state index in [1.54, 1.807) is 25.5 Å². The molecule has 0 spiro atoms. The molecule has 0 unspecified atom stereocenters. The van der Waals surface area contributed by atoms with E-state index in [1.807, 2.05) is 17.9 Å². The summed E-state index contributed by atoms with van der Waals surface area (Å²) in [7, 11) is 0. The number of hydrogen-bond donors (Lipinski definition) is 1. The monoisotopic (exact) mass is 312 g/mol. The number of amides is 1. The Morgan fingerprint density at radius 1 is 1.26 bits per heavy atom. The second-order valence-corrected chi connectivity index (χ2v) is 5.66.